The van der Waals surface area contributed by atoms with Crippen LogP contribution in [0.2, 0.25) is 0 Å². The number of hydrogen-bond acceptors (Lipinski definition) is 4. The lowest BCUT2D eigenvalue weighted by atomic mass is 10.1. The molecular formula is C23H24N2O4S. The number of nitrogens with one attached hydrogen (secondary N) is 2. The molecule has 1 amide bonds. The molecule has 0 radical (unpaired) electrons. The van der Waals surface area contributed by atoms with Crippen molar-refractivity contribution in [1.82, 2.24) is 5.32 Å². The van der Waals surface area contributed by atoms with Gasteiger partial charge in [0.25, 0.3) is 15.9 Å². The highest BCUT2D eigenvalue weighted by atomic mass is 32.2. The van der Waals surface area contributed by atoms with Crippen molar-refractivity contribution in [2.75, 3.05) is 11.8 Å². The Balaban J connectivity index is 1.72. The van der Waals surface area contributed by atoms with Crippen molar-refractivity contribution in [3.8, 4) is 5.75 Å². The smallest absolute Gasteiger partial charge is 0.261 e. The molecule has 3 rings (SSSR count). The molecule has 0 heterocycles. The van der Waals surface area contributed by atoms with Gasteiger partial charge < -0.3 is 10.1 Å². The third-order valence-corrected chi connectivity index (χ3v) is 6.07. The summed E-state index contributed by atoms with van der Waals surface area (Å²) in [6.07, 6.45) is 0. The number of aryl methyl sites for hydroxylation is 1. The molecule has 3 aromatic rings. The lowest BCUT2D eigenvalue weighted by Gasteiger charge is -2.15. The standard InChI is InChI=1S/C23H24N2O4S/c1-16-7-13-22(14-8-16)30(27,28)25-20-6-4-5-19(15-20)23(26)24-17(2)18-9-11-21(29-3)12-10-18/h4-15,17,25H,1-3H3,(H,24,26). The fourth-order valence-electron chi connectivity index (χ4n) is 2.91. The van der Waals surface area contributed by atoms with Crippen LogP contribution in [-0.4, -0.2) is 21.4 Å². The van der Waals surface area contributed by atoms with Gasteiger partial charge >= 0.3 is 0 Å². The predicted octanol–water partition coefficient (Wildman–Crippen LogP) is 4.30. The predicted molar refractivity (Wildman–Crippen MR) is 117 cm³/mol. The van der Waals surface area contributed by atoms with Crippen molar-refractivity contribution in [2.24, 2.45) is 0 Å². The highest BCUT2D eigenvalue weighted by Crippen LogP contribution is 2.20. The summed E-state index contributed by atoms with van der Waals surface area (Å²) in [5, 5.41) is 2.92. The molecule has 0 bridgehead atoms. The number of amides is 1. The van der Waals surface area contributed by atoms with E-state index in [-0.39, 0.29) is 16.8 Å². The summed E-state index contributed by atoms with van der Waals surface area (Å²) < 4.78 is 32.8. The second-order valence-electron chi connectivity index (χ2n) is 6.97. The maximum atomic E-state index is 12.7. The summed E-state index contributed by atoms with van der Waals surface area (Å²) in [4.78, 5) is 12.8. The third-order valence-electron chi connectivity index (χ3n) is 4.67. The number of anilines is 1. The number of hydrogen-bond donors (Lipinski definition) is 2. The van der Waals surface area contributed by atoms with Crippen molar-refractivity contribution in [3.05, 3.63) is 89.5 Å². The maximum absolute atomic E-state index is 12.7. The summed E-state index contributed by atoms with van der Waals surface area (Å²) in [7, 11) is -2.14. The first-order chi connectivity index (χ1) is 14.3. The van der Waals surface area contributed by atoms with Crippen molar-refractivity contribution in [3.63, 3.8) is 0 Å². The van der Waals surface area contributed by atoms with Gasteiger partial charge in [-0.25, -0.2) is 8.42 Å². The molecule has 3 aromatic carbocycles. The van der Waals surface area contributed by atoms with Crippen LogP contribution in [0.15, 0.2) is 77.7 Å². The minimum atomic E-state index is -3.74. The maximum Gasteiger partial charge on any atom is 0.261 e. The van der Waals surface area contributed by atoms with Crippen LogP contribution >= 0.6 is 0 Å². The number of ether oxygens (including phenoxy) is 1. The van der Waals surface area contributed by atoms with E-state index >= 15 is 0 Å². The molecule has 0 aliphatic heterocycles. The summed E-state index contributed by atoms with van der Waals surface area (Å²) in [5.41, 5.74) is 2.58. The fourth-order valence-corrected chi connectivity index (χ4v) is 3.96. The van der Waals surface area contributed by atoms with Gasteiger partial charge in [-0.1, -0.05) is 35.9 Å². The molecule has 1 atom stereocenters. The molecular weight excluding hydrogens is 400 g/mol. The van der Waals surface area contributed by atoms with Crippen LogP contribution in [0.1, 0.15) is 34.5 Å². The Bertz CT molecular complexity index is 1120. The molecule has 7 heteroatoms. The minimum Gasteiger partial charge on any atom is -0.497 e. The average Bonchev–Trinajstić information content (AvgIpc) is 2.74. The number of carbonyl (C=O) groups is 1. The van der Waals surface area contributed by atoms with E-state index in [9.17, 15) is 13.2 Å². The van der Waals surface area contributed by atoms with Gasteiger partial charge in [0.2, 0.25) is 0 Å². The first-order valence-corrected chi connectivity index (χ1v) is 10.9. The van der Waals surface area contributed by atoms with E-state index in [2.05, 4.69) is 10.0 Å². The number of carbonyl (C=O) groups excluding carboxylic acids is 1. The van der Waals surface area contributed by atoms with E-state index in [1.54, 1.807) is 49.6 Å². The van der Waals surface area contributed by atoms with Crippen LogP contribution in [0.4, 0.5) is 5.69 Å². The third kappa shape index (κ3) is 5.18. The molecule has 1 unspecified atom stereocenters. The largest absolute Gasteiger partial charge is 0.497 e. The van der Waals surface area contributed by atoms with Gasteiger partial charge in [0.05, 0.1) is 18.0 Å². The van der Waals surface area contributed by atoms with Gasteiger partial charge in [-0.3, -0.25) is 9.52 Å². The molecule has 2 N–H and O–H groups in total. The minimum absolute atomic E-state index is 0.163. The van der Waals surface area contributed by atoms with E-state index in [4.69, 9.17) is 4.74 Å². The van der Waals surface area contributed by atoms with E-state index < -0.39 is 10.0 Å². The summed E-state index contributed by atoms with van der Waals surface area (Å²) in [5.74, 6) is 0.445. The van der Waals surface area contributed by atoms with Crippen LogP contribution in [-0.2, 0) is 10.0 Å². The Morgan fingerprint density at radius 3 is 2.27 bits per heavy atom. The highest BCUT2D eigenvalue weighted by molar-refractivity contribution is 7.92. The fraction of sp³-hybridized carbons (Fsp3) is 0.174. The summed E-state index contributed by atoms with van der Waals surface area (Å²) in [6.45, 7) is 3.77. The van der Waals surface area contributed by atoms with Gasteiger partial charge in [-0.05, 0) is 61.9 Å². The summed E-state index contributed by atoms with van der Waals surface area (Å²) in [6, 6.07) is 20.2. The zero-order valence-corrected chi connectivity index (χ0v) is 17.9. The number of methoxy groups -OCH3 is 1. The average molecular weight is 425 g/mol. The molecule has 0 aliphatic carbocycles. The van der Waals surface area contributed by atoms with E-state index in [1.165, 1.54) is 6.07 Å². The second-order valence-corrected chi connectivity index (χ2v) is 8.65. The number of sulfonamides is 1. The van der Waals surface area contributed by atoms with Gasteiger partial charge in [-0.15, -0.1) is 0 Å². The molecule has 0 saturated carbocycles. The highest BCUT2D eigenvalue weighted by Gasteiger charge is 2.16. The monoisotopic (exact) mass is 424 g/mol. The van der Waals surface area contributed by atoms with Crippen molar-refractivity contribution < 1.29 is 17.9 Å². The van der Waals surface area contributed by atoms with Crippen LogP contribution < -0.4 is 14.8 Å². The van der Waals surface area contributed by atoms with Crippen molar-refractivity contribution in [2.45, 2.75) is 24.8 Å². The normalized spacial score (nSPS) is 12.1. The molecule has 0 saturated heterocycles. The molecule has 0 spiro atoms. The number of benzene rings is 3. The summed E-state index contributed by atoms with van der Waals surface area (Å²) >= 11 is 0. The van der Waals surface area contributed by atoms with Crippen LogP contribution in [0.3, 0.4) is 0 Å². The van der Waals surface area contributed by atoms with Gasteiger partial charge in [0.1, 0.15) is 5.75 Å². The van der Waals surface area contributed by atoms with Crippen LogP contribution in [0.25, 0.3) is 0 Å². The lowest BCUT2D eigenvalue weighted by molar-refractivity contribution is 0.0940. The topological polar surface area (TPSA) is 84.5 Å². The second kappa shape index (κ2) is 9.00. The van der Waals surface area contributed by atoms with Gasteiger partial charge in [-0.2, -0.15) is 0 Å². The Kier molecular flexibility index (Phi) is 6.42. The molecule has 0 aliphatic rings. The molecule has 156 valence electrons. The Labute approximate surface area is 177 Å². The molecule has 0 fully saturated rings. The van der Waals surface area contributed by atoms with Crippen molar-refractivity contribution in [1.29, 1.82) is 0 Å². The lowest BCUT2D eigenvalue weighted by Crippen LogP contribution is -2.26. The SMILES string of the molecule is COc1ccc(C(C)NC(=O)c2cccc(NS(=O)(=O)c3ccc(C)cc3)c2)cc1. The Morgan fingerprint density at radius 1 is 0.967 bits per heavy atom. The molecule has 0 aromatic heterocycles. The van der Waals surface area contributed by atoms with E-state index in [1.807, 2.05) is 38.1 Å². The van der Waals surface area contributed by atoms with Crippen LogP contribution in [0.5, 0.6) is 5.75 Å². The molecule has 30 heavy (non-hydrogen) atoms. The Hall–Kier alpha value is -3.32. The number of rotatable bonds is 7. The van der Waals surface area contributed by atoms with Gasteiger partial charge in [0, 0.05) is 11.3 Å². The Morgan fingerprint density at radius 2 is 1.63 bits per heavy atom. The van der Waals surface area contributed by atoms with Gasteiger partial charge in [0.15, 0.2) is 0 Å². The van der Waals surface area contributed by atoms with Crippen LogP contribution in [0, 0.1) is 6.92 Å². The zero-order valence-electron chi connectivity index (χ0n) is 17.0. The quantitative estimate of drug-likeness (QED) is 0.592. The first-order valence-electron chi connectivity index (χ1n) is 9.43. The molecule has 6 nitrogen and oxygen atoms in total. The zero-order chi connectivity index (χ0) is 21.7. The van der Waals surface area contributed by atoms with E-state index in [0.717, 1.165) is 16.9 Å². The van der Waals surface area contributed by atoms with E-state index in [0.29, 0.717) is 11.3 Å². The van der Waals surface area contributed by atoms with Crippen molar-refractivity contribution >= 4 is 21.6 Å². The first kappa shape index (κ1) is 21.4.